The molecule has 4 heteroatoms. The molecule has 0 spiro atoms. The summed E-state index contributed by atoms with van der Waals surface area (Å²) in [7, 11) is 0. The Morgan fingerprint density at radius 3 is 2.91 bits per heavy atom. The number of amides is 1. The number of aromatic nitrogens is 1. The molecule has 1 aromatic carbocycles. The van der Waals surface area contributed by atoms with Crippen molar-refractivity contribution in [2.45, 2.75) is 33.2 Å². The first-order valence-electron chi connectivity index (χ1n) is 8.43. The number of hydrogen-bond acceptors (Lipinski definition) is 3. The fourth-order valence-electron chi connectivity index (χ4n) is 3.33. The number of pyridine rings is 1. The van der Waals surface area contributed by atoms with E-state index in [0.29, 0.717) is 12.0 Å². The van der Waals surface area contributed by atoms with E-state index in [2.05, 4.69) is 29.0 Å². The van der Waals surface area contributed by atoms with E-state index in [0.717, 1.165) is 48.2 Å². The van der Waals surface area contributed by atoms with Gasteiger partial charge in [-0.2, -0.15) is 0 Å². The third kappa shape index (κ3) is 3.53. The van der Waals surface area contributed by atoms with E-state index in [1.54, 1.807) is 0 Å². The molecule has 122 valence electrons. The number of aryl methyl sites for hydroxylation is 1. The Kier molecular flexibility index (Phi) is 4.62. The molecule has 3 rings (SSSR count). The van der Waals surface area contributed by atoms with Crippen LogP contribution in [-0.4, -0.2) is 41.5 Å². The van der Waals surface area contributed by atoms with Gasteiger partial charge in [-0.1, -0.05) is 18.2 Å². The van der Waals surface area contributed by atoms with Crippen LogP contribution in [0, 0.1) is 12.8 Å². The van der Waals surface area contributed by atoms with Gasteiger partial charge in [0.05, 0.1) is 11.1 Å². The van der Waals surface area contributed by atoms with E-state index in [1.807, 2.05) is 37.3 Å². The molecule has 2 heterocycles. The summed E-state index contributed by atoms with van der Waals surface area (Å²) in [6, 6.07) is 10.3. The van der Waals surface area contributed by atoms with Gasteiger partial charge in [-0.25, -0.2) is 0 Å². The van der Waals surface area contributed by atoms with Gasteiger partial charge in [0.25, 0.3) is 5.91 Å². The van der Waals surface area contributed by atoms with Crippen molar-refractivity contribution in [1.29, 1.82) is 0 Å². The molecule has 2 aromatic rings. The first-order chi connectivity index (χ1) is 11.0. The lowest BCUT2D eigenvalue weighted by atomic mass is 10.1. The van der Waals surface area contributed by atoms with Crippen LogP contribution in [0.25, 0.3) is 10.9 Å². The molecule has 0 aliphatic carbocycles. The maximum absolute atomic E-state index is 12.6. The Labute approximate surface area is 137 Å². The zero-order valence-electron chi connectivity index (χ0n) is 14.2. The maximum atomic E-state index is 12.6. The number of nitrogens with zero attached hydrogens (tertiary/aromatic N) is 2. The maximum Gasteiger partial charge on any atom is 0.252 e. The third-order valence-electron chi connectivity index (χ3n) is 4.69. The van der Waals surface area contributed by atoms with Crippen LogP contribution in [0.2, 0.25) is 0 Å². The summed E-state index contributed by atoms with van der Waals surface area (Å²) in [6.07, 6.45) is 1.16. The highest BCUT2D eigenvalue weighted by molar-refractivity contribution is 6.06. The highest BCUT2D eigenvalue weighted by Gasteiger charge is 2.24. The van der Waals surface area contributed by atoms with Crippen LogP contribution in [-0.2, 0) is 0 Å². The number of rotatable bonds is 4. The Hall–Kier alpha value is -1.94. The Morgan fingerprint density at radius 1 is 1.39 bits per heavy atom. The Bertz CT molecular complexity index is 711. The van der Waals surface area contributed by atoms with Gasteiger partial charge in [-0.3, -0.25) is 9.78 Å². The van der Waals surface area contributed by atoms with E-state index in [-0.39, 0.29) is 5.91 Å². The van der Waals surface area contributed by atoms with Crippen molar-refractivity contribution in [1.82, 2.24) is 15.2 Å². The highest BCUT2D eigenvalue weighted by Crippen LogP contribution is 2.20. The van der Waals surface area contributed by atoms with Gasteiger partial charge in [-0.15, -0.1) is 0 Å². The molecule has 1 saturated heterocycles. The number of fused-ring (bicyclic) bond motifs is 1. The van der Waals surface area contributed by atoms with E-state index in [9.17, 15) is 4.79 Å². The van der Waals surface area contributed by atoms with Crippen LogP contribution < -0.4 is 5.32 Å². The monoisotopic (exact) mass is 311 g/mol. The minimum absolute atomic E-state index is 0.00898. The minimum atomic E-state index is 0.00898. The molecule has 23 heavy (non-hydrogen) atoms. The molecule has 1 aromatic heterocycles. The molecule has 4 nitrogen and oxygen atoms in total. The smallest absolute Gasteiger partial charge is 0.252 e. The standard InChI is InChI=1S/C19H25N3O/c1-13(2)22-9-8-15(12-22)11-20-19(23)17-10-14(3)21-18-7-5-4-6-16(17)18/h4-7,10,13,15H,8-9,11-12H2,1-3H3,(H,20,23). The average molecular weight is 311 g/mol. The normalized spacial score (nSPS) is 18.7. The molecule has 1 N–H and O–H groups in total. The summed E-state index contributed by atoms with van der Waals surface area (Å²) < 4.78 is 0. The lowest BCUT2D eigenvalue weighted by Gasteiger charge is -2.20. The number of carbonyl (C=O) groups excluding carboxylic acids is 1. The Balaban J connectivity index is 1.70. The topological polar surface area (TPSA) is 45.2 Å². The summed E-state index contributed by atoms with van der Waals surface area (Å²) in [5.41, 5.74) is 2.48. The van der Waals surface area contributed by atoms with E-state index in [1.165, 1.54) is 0 Å². The minimum Gasteiger partial charge on any atom is -0.352 e. The van der Waals surface area contributed by atoms with Crippen molar-refractivity contribution in [2.75, 3.05) is 19.6 Å². The number of carbonyl (C=O) groups is 1. The van der Waals surface area contributed by atoms with Crippen LogP contribution in [0.1, 0.15) is 36.3 Å². The second kappa shape index (κ2) is 6.67. The molecule has 1 unspecified atom stereocenters. The SMILES string of the molecule is Cc1cc(C(=O)NCC2CCN(C(C)C)C2)c2ccccc2n1. The molecule has 0 radical (unpaired) electrons. The summed E-state index contributed by atoms with van der Waals surface area (Å²) in [5, 5.41) is 4.05. The molecule has 0 saturated carbocycles. The number of hydrogen-bond donors (Lipinski definition) is 1. The van der Waals surface area contributed by atoms with Crippen LogP contribution >= 0.6 is 0 Å². The molecule has 1 atom stereocenters. The first kappa shape index (κ1) is 15.9. The van der Waals surface area contributed by atoms with Gasteiger partial charge in [0, 0.05) is 30.2 Å². The van der Waals surface area contributed by atoms with Crippen LogP contribution in [0.3, 0.4) is 0 Å². The zero-order valence-corrected chi connectivity index (χ0v) is 14.2. The van der Waals surface area contributed by atoms with E-state index in [4.69, 9.17) is 0 Å². The van der Waals surface area contributed by atoms with Gasteiger partial charge in [0.1, 0.15) is 0 Å². The van der Waals surface area contributed by atoms with Gasteiger partial charge < -0.3 is 10.2 Å². The van der Waals surface area contributed by atoms with Gasteiger partial charge in [0.2, 0.25) is 0 Å². The Morgan fingerprint density at radius 2 is 2.17 bits per heavy atom. The van der Waals surface area contributed by atoms with Crippen LogP contribution in [0.15, 0.2) is 30.3 Å². The number of likely N-dealkylation sites (tertiary alicyclic amines) is 1. The number of benzene rings is 1. The number of nitrogens with one attached hydrogen (secondary N) is 1. The van der Waals surface area contributed by atoms with Crippen molar-refractivity contribution in [3.63, 3.8) is 0 Å². The van der Waals surface area contributed by atoms with Crippen LogP contribution in [0.5, 0.6) is 0 Å². The summed E-state index contributed by atoms with van der Waals surface area (Å²) in [4.78, 5) is 19.6. The fourth-order valence-corrected chi connectivity index (χ4v) is 3.33. The molecular weight excluding hydrogens is 286 g/mol. The van der Waals surface area contributed by atoms with Gasteiger partial charge in [0.15, 0.2) is 0 Å². The van der Waals surface area contributed by atoms with Gasteiger partial charge in [-0.05, 0) is 51.8 Å². The predicted molar refractivity (Wildman–Crippen MR) is 93.6 cm³/mol. The molecular formula is C19H25N3O. The molecule has 0 bridgehead atoms. The number of para-hydroxylation sites is 1. The molecule has 1 aliphatic rings. The molecule has 1 amide bonds. The average Bonchev–Trinajstić information content (AvgIpc) is 3.01. The summed E-state index contributed by atoms with van der Waals surface area (Å²) >= 11 is 0. The van der Waals surface area contributed by atoms with Crippen molar-refractivity contribution in [3.05, 3.63) is 41.6 Å². The summed E-state index contributed by atoms with van der Waals surface area (Å²) in [5.74, 6) is 0.560. The lowest BCUT2D eigenvalue weighted by Crippen LogP contribution is -2.33. The van der Waals surface area contributed by atoms with Gasteiger partial charge >= 0.3 is 0 Å². The lowest BCUT2D eigenvalue weighted by molar-refractivity contribution is 0.0948. The first-order valence-corrected chi connectivity index (χ1v) is 8.43. The third-order valence-corrected chi connectivity index (χ3v) is 4.69. The zero-order chi connectivity index (χ0) is 16.4. The van der Waals surface area contributed by atoms with Crippen molar-refractivity contribution in [3.8, 4) is 0 Å². The van der Waals surface area contributed by atoms with Crippen molar-refractivity contribution in [2.24, 2.45) is 5.92 Å². The predicted octanol–water partition coefficient (Wildman–Crippen LogP) is 3.00. The van der Waals surface area contributed by atoms with E-state index >= 15 is 0 Å². The highest BCUT2D eigenvalue weighted by atomic mass is 16.1. The van der Waals surface area contributed by atoms with Crippen molar-refractivity contribution >= 4 is 16.8 Å². The quantitative estimate of drug-likeness (QED) is 0.944. The fraction of sp³-hybridized carbons (Fsp3) is 0.474. The summed E-state index contributed by atoms with van der Waals surface area (Å²) in [6.45, 7) is 9.35. The van der Waals surface area contributed by atoms with Crippen LogP contribution in [0.4, 0.5) is 0 Å². The second-order valence-electron chi connectivity index (χ2n) is 6.78. The van der Waals surface area contributed by atoms with Crippen molar-refractivity contribution < 1.29 is 4.79 Å². The largest absolute Gasteiger partial charge is 0.352 e. The molecule has 1 fully saturated rings. The van der Waals surface area contributed by atoms with E-state index < -0.39 is 0 Å². The second-order valence-corrected chi connectivity index (χ2v) is 6.78. The molecule has 1 aliphatic heterocycles.